The number of benzene rings is 2. The normalized spacial score (nSPS) is 15.5. The van der Waals surface area contributed by atoms with Crippen LogP contribution in [0.4, 0.5) is 13.2 Å². The monoisotopic (exact) mass is 683 g/mol. The van der Waals surface area contributed by atoms with Crippen molar-refractivity contribution in [2.75, 3.05) is 6.54 Å². The van der Waals surface area contributed by atoms with Gasteiger partial charge in [-0.05, 0) is 67.5 Å². The third-order valence-corrected chi connectivity index (χ3v) is 8.28. The Morgan fingerprint density at radius 1 is 1.11 bits per heavy atom. The lowest BCUT2D eigenvalue weighted by Crippen LogP contribution is -2.55. The third-order valence-electron chi connectivity index (χ3n) is 7.71. The van der Waals surface area contributed by atoms with E-state index in [4.69, 9.17) is 27.7 Å². The second kappa shape index (κ2) is 15.3. The van der Waals surface area contributed by atoms with Crippen molar-refractivity contribution in [2.24, 2.45) is 5.92 Å². The lowest BCUT2D eigenvalue weighted by molar-refractivity contribution is -0.161. The Bertz CT molecular complexity index is 1540. The first-order valence-corrected chi connectivity index (χ1v) is 15.5. The molecule has 1 saturated carbocycles. The summed E-state index contributed by atoms with van der Waals surface area (Å²) in [6.07, 6.45) is -1.98. The summed E-state index contributed by atoms with van der Waals surface area (Å²) in [5, 5.41) is 20.8. The number of carbonyl (C=O) groups excluding carboxylic acids is 3. The van der Waals surface area contributed by atoms with E-state index in [0.29, 0.717) is 12.2 Å². The molecule has 248 valence electrons. The zero-order valence-electron chi connectivity index (χ0n) is 25.1. The molecular formula is C31H34Cl2F3N5O5. The molecule has 0 saturated heterocycles. The van der Waals surface area contributed by atoms with Crippen LogP contribution in [0.1, 0.15) is 62.0 Å². The number of aromatic nitrogens is 2. The van der Waals surface area contributed by atoms with Crippen LogP contribution in [0.2, 0.25) is 10.0 Å². The Labute approximate surface area is 273 Å². The third kappa shape index (κ3) is 8.98. The van der Waals surface area contributed by atoms with Crippen molar-refractivity contribution in [3.8, 4) is 17.2 Å². The molecule has 4 rings (SSSR count). The highest BCUT2D eigenvalue weighted by atomic mass is 35.5. The smallest absolute Gasteiger partial charge is 0.407 e. The van der Waals surface area contributed by atoms with Gasteiger partial charge in [-0.25, -0.2) is 0 Å². The zero-order valence-corrected chi connectivity index (χ0v) is 26.6. The molecule has 2 amide bonds. The Kier molecular flexibility index (Phi) is 11.7. The van der Waals surface area contributed by atoms with E-state index >= 15 is 0 Å². The molecule has 0 aliphatic heterocycles. The maximum absolute atomic E-state index is 14.7. The number of rotatable bonds is 14. The molecule has 10 nitrogen and oxygen atoms in total. The summed E-state index contributed by atoms with van der Waals surface area (Å²) in [5.41, 5.74) is 0.219. The summed E-state index contributed by atoms with van der Waals surface area (Å²) in [6.45, 7) is 3.63. The number of ketones is 1. The van der Waals surface area contributed by atoms with E-state index in [1.807, 2.05) is 6.92 Å². The predicted molar refractivity (Wildman–Crippen MR) is 164 cm³/mol. The standard InChI is InChI=1S/C31H34Cl2F3N5O5/c1-3-10-37-29(45)26(43)23(13-17-6-4-7-17)40-28(44)24(14-18-11-21(32)25(42)22(33)12-18)39-27(31(34,35)36)19-8-5-9-20(15-19)30-38-16(2)41-46-30/h5,8-9,11-12,15,17,23-24,27,39,42H,3-4,6-7,10,13-14H2,1-2H3,(H,37,45)(H,40,44)/t23-,24-,27-/m0/s1. The van der Waals surface area contributed by atoms with Gasteiger partial charge in [0.25, 0.3) is 11.8 Å². The number of aryl methyl sites for hydroxylation is 1. The summed E-state index contributed by atoms with van der Waals surface area (Å²) in [6, 6.07) is 2.69. The van der Waals surface area contributed by atoms with Crippen molar-refractivity contribution in [3.05, 3.63) is 63.4 Å². The van der Waals surface area contributed by atoms with Crippen LogP contribution in [-0.2, 0) is 20.8 Å². The van der Waals surface area contributed by atoms with E-state index in [9.17, 15) is 32.7 Å². The SMILES string of the molecule is CCCNC(=O)C(=O)[C@H](CC1CCC1)NC(=O)[C@H](Cc1cc(Cl)c(O)c(Cl)c1)N[C@@H](c1cccc(-c2nc(C)no2)c1)C(F)(F)F. The molecule has 1 fully saturated rings. The summed E-state index contributed by atoms with van der Waals surface area (Å²) >= 11 is 12.1. The Morgan fingerprint density at radius 2 is 1.80 bits per heavy atom. The molecule has 1 aliphatic carbocycles. The highest BCUT2D eigenvalue weighted by Gasteiger charge is 2.44. The number of alkyl halides is 3. The molecule has 15 heteroatoms. The van der Waals surface area contributed by atoms with Gasteiger partial charge in [-0.2, -0.15) is 18.2 Å². The maximum Gasteiger partial charge on any atom is 0.407 e. The first-order chi connectivity index (χ1) is 21.8. The number of Topliss-reactive ketones (excluding diaryl/α,β-unsaturated/α-hetero) is 1. The summed E-state index contributed by atoms with van der Waals surface area (Å²) in [4.78, 5) is 43.6. The molecule has 4 N–H and O–H groups in total. The summed E-state index contributed by atoms with van der Waals surface area (Å²) < 4.78 is 49.2. The van der Waals surface area contributed by atoms with Crippen LogP contribution in [0.3, 0.4) is 0 Å². The largest absolute Gasteiger partial charge is 0.505 e. The average molecular weight is 685 g/mol. The van der Waals surface area contributed by atoms with Gasteiger partial charge < -0.3 is 20.3 Å². The average Bonchev–Trinajstić information content (AvgIpc) is 3.42. The number of carbonyl (C=O) groups is 3. The van der Waals surface area contributed by atoms with Crippen molar-refractivity contribution in [3.63, 3.8) is 0 Å². The highest BCUT2D eigenvalue weighted by molar-refractivity contribution is 6.38. The summed E-state index contributed by atoms with van der Waals surface area (Å²) in [5.74, 6) is -2.74. The second-order valence-electron chi connectivity index (χ2n) is 11.3. The van der Waals surface area contributed by atoms with Crippen LogP contribution in [0.15, 0.2) is 40.9 Å². The minimum absolute atomic E-state index is 0.0154. The van der Waals surface area contributed by atoms with Gasteiger partial charge >= 0.3 is 6.18 Å². The molecule has 0 bridgehead atoms. The van der Waals surface area contributed by atoms with Crippen molar-refractivity contribution < 1.29 is 37.2 Å². The number of hydrogen-bond acceptors (Lipinski definition) is 8. The van der Waals surface area contributed by atoms with Gasteiger partial charge in [0, 0.05) is 12.1 Å². The van der Waals surface area contributed by atoms with Crippen molar-refractivity contribution in [1.29, 1.82) is 0 Å². The van der Waals surface area contributed by atoms with Gasteiger partial charge in [-0.3, -0.25) is 19.7 Å². The molecule has 0 radical (unpaired) electrons. The summed E-state index contributed by atoms with van der Waals surface area (Å²) in [7, 11) is 0. The lowest BCUT2D eigenvalue weighted by atomic mass is 9.80. The van der Waals surface area contributed by atoms with Crippen molar-refractivity contribution in [2.45, 2.75) is 76.7 Å². The minimum atomic E-state index is -4.90. The number of nitrogens with one attached hydrogen (secondary N) is 3. The van der Waals surface area contributed by atoms with Gasteiger partial charge in [0.2, 0.25) is 11.7 Å². The fourth-order valence-corrected chi connectivity index (χ4v) is 5.63. The number of hydrogen-bond donors (Lipinski definition) is 4. The molecule has 1 aliphatic rings. The lowest BCUT2D eigenvalue weighted by Gasteiger charge is -2.31. The number of phenolic OH excluding ortho intramolecular Hbond substituents is 1. The Balaban J connectivity index is 1.68. The van der Waals surface area contributed by atoms with E-state index in [0.717, 1.165) is 19.3 Å². The molecule has 1 heterocycles. The van der Waals surface area contributed by atoms with Crippen molar-refractivity contribution >= 4 is 40.8 Å². The van der Waals surface area contributed by atoms with Crippen LogP contribution in [0.25, 0.3) is 11.5 Å². The second-order valence-corrected chi connectivity index (χ2v) is 12.1. The van der Waals surface area contributed by atoms with Gasteiger partial charge in [0.15, 0.2) is 11.6 Å². The fourth-order valence-electron chi connectivity index (χ4n) is 5.09. The zero-order chi connectivity index (χ0) is 33.6. The van der Waals surface area contributed by atoms with Gasteiger partial charge in [0.1, 0.15) is 6.04 Å². The van der Waals surface area contributed by atoms with Crippen LogP contribution in [0, 0.1) is 12.8 Å². The topological polar surface area (TPSA) is 146 Å². The van der Waals surface area contributed by atoms with Gasteiger partial charge in [-0.15, -0.1) is 0 Å². The number of nitrogens with zero attached hydrogens (tertiary/aromatic N) is 2. The fraction of sp³-hybridized carbons (Fsp3) is 0.452. The maximum atomic E-state index is 14.7. The Hall–Kier alpha value is -3.68. The molecular weight excluding hydrogens is 650 g/mol. The predicted octanol–water partition coefficient (Wildman–Crippen LogP) is 5.63. The Morgan fingerprint density at radius 3 is 2.37 bits per heavy atom. The van der Waals surface area contributed by atoms with Crippen LogP contribution in [-0.4, -0.2) is 57.6 Å². The number of halogens is 5. The highest BCUT2D eigenvalue weighted by Crippen LogP contribution is 2.37. The molecule has 3 aromatic rings. The van der Waals surface area contributed by atoms with Crippen LogP contribution < -0.4 is 16.0 Å². The molecule has 46 heavy (non-hydrogen) atoms. The van der Waals surface area contributed by atoms with Crippen molar-refractivity contribution in [1.82, 2.24) is 26.1 Å². The number of aromatic hydroxyl groups is 1. The van der Waals surface area contributed by atoms with E-state index < -0.39 is 47.6 Å². The van der Waals surface area contributed by atoms with Gasteiger partial charge in [0.05, 0.1) is 22.1 Å². The molecule has 1 aromatic heterocycles. The number of phenols is 1. The molecule has 0 spiro atoms. The van der Waals surface area contributed by atoms with Crippen LogP contribution >= 0.6 is 23.2 Å². The minimum Gasteiger partial charge on any atom is -0.505 e. The molecule has 0 unspecified atom stereocenters. The first kappa shape index (κ1) is 35.2. The van der Waals surface area contributed by atoms with E-state index in [-0.39, 0.29) is 57.9 Å². The van der Waals surface area contributed by atoms with E-state index in [1.54, 1.807) is 6.92 Å². The molecule has 3 atom stereocenters. The van der Waals surface area contributed by atoms with E-state index in [1.165, 1.54) is 36.4 Å². The first-order valence-electron chi connectivity index (χ1n) is 14.8. The van der Waals surface area contributed by atoms with Gasteiger partial charge in [-0.1, -0.05) is 66.7 Å². The van der Waals surface area contributed by atoms with Crippen LogP contribution in [0.5, 0.6) is 5.75 Å². The number of amides is 2. The van der Waals surface area contributed by atoms with E-state index in [2.05, 4.69) is 26.1 Å². The molecule has 2 aromatic carbocycles. The quantitative estimate of drug-likeness (QED) is 0.160.